The Morgan fingerprint density at radius 2 is 1.90 bits per heavy atom. The maximum absolute atomic E-state index is 12.7. The summed E-state index contributed by atoms with van der Waals surface area (Å²) in [6.07, 6.45) is 1.41. The van der Waals surface area contributed by atoms with Crippen molar-refractivity contribution in [3.63, 3.8) is 0 Å². The van der Waals surface area contributed by atoms with E-state index in [0.29, 0.717) is 24.7 Å². The van der Waals surface area contributed by atoms with Gasteiger partial charge in [0.25, 0.3) is 5.89 Å². The molecule has 0 bridgehead atoms. The van der Waals surface area contributed by atoms with Crippen LogP contribution in [-0.4, -0.2) is 52.0 Å². The van der Waals surface area contributed by atoms with Crippen LogP contribution in [0.25, 0.3) is 11.5 Å². The first-order valence-corrected chi connectivity index (χ1v) is 10.1. The van der Waals surface area contributed by atoms with Gasteiger partial charge in [-0.15, -0.1) is 0 Å². The third-order valence-corrected chi connectivity index (χ3v) is 5.23. The van der Waals surface area contributed by atoms with Crippen molar-refractivity contribution in [1.82, 2.24) is 19.9 Å². The first-order valence-electron chi connectivity index (χ1n) is 10.1. The molecule has 2 aromatic carbocycles. The Labute approximate surface area is 171 Å². The number of amides is 1. The maximum Gasteiger partial charge on any atom is 0.257 e. The molecule has 0 saturated carbocycles. The van der Waals surface area contributed by atoms with Crippen LogP contribution in [0.15, 0.2) is 59.1 Å². The van der Waals surface area contributed by atoms with E-state index in [4.69, 9.17) is 4.52 Å². The highest BCUT2D eigenvalue weighted by Crippen LogP contribution is 2.17. The zero-order chi connectivity index (χ0) is 20.1. The molecule has 150 valence electrons. The summed E-state index contributed by atoms with van der Waals surface area (Å²) in [6.45, 7) is 5.95. The fraction of sp³-hybridized carbons (Fsp3) is 0.348. The molecule has 1 amide bonds. The minimum absolute atomic E-state index is 0.198. The number of carbonyl (C=O) groups excluding carboxylic acids is 1. The molecule has 1 aliphatic rings. The van der Waals surface area contributed by atoms with Crippen molar-refractivity contribution in [3.8, 4) is 11.5 Å². The molecule has 1 aromatic heterocycles. The van der Waals surface area contributed by atoms with E-state index in [-0.39, 0.29) is 5.91 Å². The van der Waals surface area contributed by atoms with Crippen LogP contribution >= 0.6 is 0 Å². The van der Waals surface area contributed by atoms with Gasteiger partial charge in [-0.3, -0.25) is 9.69 Å². The highest BCUT2D eigenvalue weighted by atomic mass is 16.5. The lowest BCUT2D eigenvalue weighted by Gasteiger charge is -2.21. The topological polar surface area (TPSA) is 62.5 Å². The SMILES string of the molecule is Cc1cccc(CC(=O)N2CCCN(Cc3noc(-c4ccccc4)n3)CC2)c1. The number of aryl methyl sites for hydroxylation is 1. The van der Waals surface area contributed by atoms with E-state index in [1.807, 2.05) is 47.4 Å². The fourth-order valence-corrected chi connectivity index (χ4v) is 3.70. The number of aromatic nitrogens is 2. The summed E-state index contributed by atoms with van der Waals surface area (Å²) in [5, 5.41) is 4.13. The molecule has 2 heterocycles. The van der Waals surface area contributed by atoms with Crippen molar-refractivity contribution < 1.29 is 9.32 Å². The van der Waals surface area contributed by atoms with E-state index in [2.05, 4.69) is 34.1 Å². The summed E-state index contributed by atoms with van der Waals surface area (Å²) in [5.74, 6) is 1.43. The van der Waals surface area contributed by atoms with Gasteiger partial charge in [0, 0.05) is 31.7 Å². The largest absolute Gasteiger partial charge is 0.341 e. The second-order valence-corrected chi connectivity index (χ2v) is 7.56. The molecular weight excluding hydrogens is 364 g/mol. The highest BCUT2D eigenvalue weighted by molar-refractivity contribution is 5.78. The van der Waals surface area contributed by atoms with E-state index in [1.54, 1.807) is 0 Å². The third-order valence-electron chi connectivity index (χ3n) is 5.23. The van der Waals surface area contributed by atoms with Gasteiger partial charge in [0.15, 0.2) is 5.82 Å². The summed E-state index contributed by atoms with van der Waals surface area (Å²) in [5.41, 5.74) is 3.19. The molecule has 6 heteroatoms. The second-order valence-electron chi connectivity index (χ2n) is 7.56. The molecule has 0 unspecified atom stereocenters. The monoisotopic (exact) mass is 390 g/mol. The van der Waals surface area contributed by atoms with Crippen LogP contribution < -0.4 is 0 Å². The van der Waals surface area contributed by atoms with Crippen LogP contribution in [-0.2, 0) is 17.8 Å². The zero-order valence-electron chi connectivity index (χ0n) is 16.8. The van der Waals surface area contributed by atoms with Crippen molar-refractivity contribution >= 4 is 5.91 Å². The molecule has 0 atom stereocenters. The zero-order valence-corrected chi connectivity index (χ0v) is 16.8. The van der Waals surface area contributed by atoms with Crippen LogP contribution in [0.1, 0.15) is 23.4 Å². The molecule has 29 heavy (non-hydrogen) atoms. The Morgan fingerprint density at radius 3 is 2.72 bits per heavy atom. The van der Waals surface area contributed by atoms with Crippen LogP contribution in [0.2, 0.25) is 0 Å². The summed E-state index contributed by atoms with van der Waals surface area (Å²) in [7, 11) is 0. The predicted octanol–water partition coefficient (Wildman–Crippen LogP) is 3.32. The van der Waals surface area contributed by atoms with Crippen LogP contribution in [0.3, 0.4) is 0 Å². The van der Waals surface area contributed by atoms with Gasteiger partial charge < -0.3 is 9.42 Å². The second kappa shape index (κ2) is 9.01. The molecule has 1 fully saturated rings. The van der Waals surface area contributed by atoms with Crippen LogP contribution in [0.5, 0.6) is 0 Å². The number of hydrogen-bond donors (Lipinski definition) is 0. The molecule has 0 spiro atoms. The van der Waals surface area contributed by atoms with Crippen molar-refractivity contribution in [2.75, 3.05) is 26.2 Å². The molecular formula is C23H26N4O2. The van der Waals surface area contributed by atoms with Gasteiger partial charge in [0.05, 0.1) is 13.0 Å². The Bertz CT molecular complexity index is 954. The van der Waals surface area contributed by atoms with Crippen molar-refractivity contribution in [2.24, 2.45) is 0 Å². The van der Waals surface area contributed by atoms with Crippen LogP contribution in [0.4, 0.5) is 0 Å². The van der Waals surface area contributed by atoms with Gasteiger partial charge in [-0.2, -0.15) is 4.98 Å². The number of carbonyl (C=O) groups is 1. The standard InChI is InChI=1S/C23H26N4O2/c1-18-7-5-8-19(15-18)16-22(28)27-12-6-11-26(13-14-27)17-21-24-23(29-25-21)20-9-3-2-4-10-20/h2-5,7-10,15H,6,11-14,16-17H2,1H3. The first kappa shape index (κ1) is 19.3. The summed E-state index contributed by atoms with van der Waals surface area (Å²) in [4.78, 5) is 21.5. The lowest BCUT2D eigenvalue weighted by molar-refractivity contribution is -0.130. The maximum atomic E-state index is 12.7. The Morgan fingerprint density at radius 1 is 1.03 bits per heavy atom. The molecule has 6 nitrogen and oxygen atoms in total. The lowest BCUT2D eigenvalue weighted by Crippen LogP contribution is -2.36. The molecule has 1 saturated heterocycles. The van der Waals surface area contributed by atoms with Gasteiger partial charge in [0.1, 0.15) is 0 Å². The van der Waals surface area contributed by atoms with E-state index >= 15 is 0 Å². The van der Waals surface area contributed by atoms with E-state index in [9.17, 15) is 4.79 Å². The normalized spacial score (nSPS) is 15.3. The molecule has 0 N–H and O–H groups in total. The number of rotatable bonds is 5. The highest BCUT2D eigenvalue weighted by Gasteiger charge is 2.21. The number of benzene rings is 2. The summed E-state index contributed by atoms with van der Waals surface area (Å²) in [6, 6.07) is 18.0. The minimum Gasteiger partial charge on any atom is -0.341 e. The molecule has 1 aliphatic heterocycles. The Balaban J connectivity index is 1.32. The molecule has 0 aliphatic carbocycles. The number of hydrogen-bond acceptors (Lipinski definition) is 5. The summed E-state index contributed by atoms with van der Waals surface area (Å²) >= 11 is 0. The van der Waals surface area contributed by atoms with Crippen molar-refractivity contribution in [2.45, 2.75) is 26.3 Å². The number of nitrogens with zero attached hydrogens (tertiary/aromatic N) is 4. The Hall–Kier alpha value is -2.99. The van der Waals surface area contributed by atoms with Crippen LogP contribution in [0, 0.1) is 6.92 Å². The third kappa shape index (κ3) is 5.09. The Kier molecular flexibility index (Phi) is 6.00. The van der Waals surface area contributed by atoms with Gasteiger partial charge in [-0.1, -0.05) is 53.2 Å². The first-order chi connectivity index (χ1) is 14.2. The van der Waals surface area contributed by atoms with Gasteiger partial charge in [-0.25, -0.2) is 0 Å². The molecule has 4 rings (SSSR count). The summed E-state index contributed by atoms with van der Waals surface area (Å²) < 4.78 is 5.41. The van der Waals surface area contributed by atoms with Gasteiger partial charge in [-0.05, 0) is 31.0 Å². The molecule has 3 aromatic rings. The molecule has 0 radical (unpaired) electrons. The lowest BCUT2D eigenvalue weighted by atomic mass is 10.1. The van der Waals surface area contributed by atoms with E-state index in [1.165, 1.54) is 5.56 Å². The van der Waals surface area contributed by atoms with Gasteiger partial charge >= 0.3 is 0 Å². The van der Waals surface area contributed by atoms with Crippen molar-refractivity contribution in [3.05, 3.63) is 71.5 Å². The van der Waals surface area contributed by atoms with E-state index < -0.39 is 0 Å². The van der Waals surface area contributed by atoms with Crippen molar-refractivity contribution in [1.29, 1.82) is 0 Å². The smallest absolute Gasteiger partial charge is 0.257 e. The predicted molar refractivity (Wildman–Crippen MR) is 111 cm³/mol. The van der Waals surface area contributed by atoms with E-state index in [0.717, 1.165) is 43.7 Å². The quantitative estimate of drug-likeness (QED) is 0.669. The average Bonchev–Trinajstić information content (AvgIpc) is 3.06. The minimum atomic E-state index is 0.198. The fourth-order valence-electron chi connectivity index (χ4n) is 3.70. The van der Waals surface area contributed by atoms with Gasteiger partial charge in [0.2, 0.25) is 5.91 Å². The average molecular weight is 390 g/mol.